The number of fused-ring (bicyclic) bond motifs is 1. The van der Waals surface area contributed by atoms with Crippen molar-refractivity contribution in [2.24, 2.45) is 0 Å². The molecule has 1 aliphatic rings. The van der Waals surface area contributed by atoms with Crippen molar-refractivity contribution in [3.05, 3.63) is 58.7 Å². The number of carbonyl (C=O) groups is 2. The Hall–Kier alpha value is -2.87. The Morgan fingerprint density at radius 2 is 1.97 bits per heavy atom. The van der Waals surface area contributed by atoms with Crippen molar-refractivity contribution in [1.29, 1.82) is 0 Å². The highest BCUT2D eigenvalue weighted by atomic mass is 32.2. The Labute approximate surface area is 177 Å². The van der Waals surface area contributed by atoms with Crippen molar-refractivity contribution in [3.63, 3.8) is 0 Å². The van der Waals surface area contributed by atoms with Gasteiger partial charge in [-0.3, -0.25) is 9.10 Å². The number of hydrogen-bond acceptors (Lipinski definition) is 5. The number of para-hydroxylation sites is 1. The van der Waals surface area contributed by atoms with Crippen LogP contribution in [-0.4, -0.2) is 39.2 Å². The lowest BCUT2D eigenvalue weighted by atomic mass is 10.1. The van der Waals surface area contributed by atoms with Crippen LogP contribution in [0.15, 0.2) is 36.4 Å². The molecular formula is C22H26N2O5S. The summed E-state index contributed by atoms with van der Waals surface area (Å²) >= 11 is 0. The van der Waals surface area contributed by atoms with E-state index in [1.54, 1.807) is 12.1 Å². The molecule has 1 N–H and O–H groups in total. The van der Waals surface area contributed by atoms with Crippen LogP contribution in [0.1, 0.15) is 40.9 Å². The molecule has 7 nitrogen and oxygen atoms in total. The minimum absolute atomic E-state index is 0.214. The van der Waals surface area contributed by atoms with E-state index in [4.69, 9.17) is 4.74 Å². The predicted molar refractivity (Wildman–Crippen MR) is 116 cm³/mol. The molecule has 160 valence electrons. The number of nitrogens with zero attached hydrogens (tertiary/aromatic N) is 1. The fourth-order valence-corrected chi connectivity index (χ4v) is 5.09. The lowest BCUT2D eigenvalue weighted by Gasteiger charge is -2.21. The summed E-state index contributed by atoms with van der Waals surface area (Å²) in [6, 6.07) is 10.3. The number of anilines is 2. The van der Waals surface area contributed by atoms with E-state index in [0.717, 1.165) is 35.1 Å². The van der Waals surface area contributed by atoms with Gasteiger partial charge in [-0.2, -0.15) is 0 Å². The average molecular weight is 431 g/mol. The molecule has 1 unspecified atom stereocenters. The molecule has 0 aromatic heterocycles. The number of amides is 1. The molecule has 0 saturated carbocycles. The van der Waals surface area contributed by atoms with Crippen LogP contribution >= 0.6 is 0 Å². The first-order valence-corrected chi connectivity index (χ1v) is 11.6. The van der Waals surface area contributed by atoms with Crippen LogP contribution in [0, 0.1) is 6.92 Å². The van der Waals surface area contributed by atoms with Crippen molar-refractivity contribution in [3.8, 4) is 0 Å². The number of hydrogen-bond donors (Lipinski definition) is 1. The monoisotopic (exact) mass is 430 g/mol. The first kappa shape index (κ1) is 21.8. The Balaban J connectivity index is 1.67. The zero-order valence-electron chi connectivity index (χ0n) is 17.6. The van der Waals surface area contributed by atoms with Crippen molar-refractivity contribution in [2.45, 2.75) is 39.7 Å². The van der Waals surface area contributed by atoms with Crippen LogP contribution in [0.25, 0.3) is 0 Å². The fourth-order valence-electron chi connectivity index (χ4n) is 3.83. The molecule has 1 atom stereocenters. The standard InChI is InChI=1S/C22H26N2O5S/c1-5-16-8-6-7-14(2)21(16)23-20(25)13-29-22(26)17-9-10-19-18(12-17)11-15(3)24(19)30(4,27)28/h6-10,12,15H,5,11,13H2,1-4H3,(H,23,25). The zero-order valence-corrected chi connectivity index (χ0v) is 18.4. The highest BCUT2D eigenvalue weighted by molar-refractivity contribution is 7.92. The fraction of sp³-hybridized carbons (Fsp3) is 0.364. The first-order valence-electron chi connectivity index (χ1n) is 9.79. The number of rotatable bonds is 6. The molecule has 0 fully saturated rings. The summed E-state index contributed by atoms with van der Waals surface area (Å²) in [7, 11) is -3.39. The SMILES string of the molecule is CCc1cccc(C)c1NC(=O)COC(=O)c1ccc2c(c1)CC(C)N2S(C)(=O)=O. The van der Waals surface area contributed by atoms with E-state index >= 15 is 0 Å². The Kier molecular flexibility index (Phi) is 6.17. The van der Waals surface area contributed by atoms with Crippen LogP contribution in [0.3, 0.4) is 0 Å². The van der Waals surface area contributed by atoms with Gasteiger partial charge >= 0.3 is 5.97 Å². The van der Waals surface area contributed by atoms with E-state index < -0.39 is 28.5 Å². The first-order chi connectivity index (χ1) is 14.1. The van der Waals surface area contributed by atoms with E-state index in [1.807, 2.05) is 39.0 Å². The van der Waals surface area contributed by atoms with Gasteiger partial charge in [0.15, 0.2) is 6.61 Å². The smallest absolute Gasteiger partial charge is 0.338 e. The van der Waals surface area contributed by atoms with Gasteiger partial charge in [-0.15, -0.1) is 0 Å². The molecule has 0 saturated heterocycles. The lowest BCUT2D eigenvalue weighted by Crippen LogP contribution is -2.34. The third-order valence-corrected chi connectivity index (χ3v) is 6.44. The van der Waals surface area contributed by atoms with Crippen molar-refractivity contribution in [1.82, 2.24) is 0 Å². The third-order valence-electron chi connectivity index (χ3n) is 5.16. The highest BCUT2D eigenvalue weighted by Gasteiger charge is 2.33. The van der Waals surface area contributed by atoms with Gasteiger partial charge in [0.05, 0.1) is 17.5 Å². The Morgan fingerprint density at radius 3 is 2.63 bits per heavy atom. The molecule has 1 aliphatic heterocycles. The molecule has 0 spiro atoms. The summed E-state index contributed by atoms with van der Waals surface area (Å²) < 4.78 is 30.6. The average Bonchev–Trinajstić information content (AvgIpc) is 3.02. The molecule has 0 aliphatic carbocycles. The maximum atomic E-state index is 12.4. The molecule has 2 aromatic carbocycles. The molecule has 8 heteroatoms. The Bertz CT molecular complexity index is 1090. The third kappa shape index (κ3) is 4.48. The summed E-state index contributed by atoms with van der Waals surface area (Å²) in [6.45, 7) is 5.33. The summed E-state index contributed by atoms with van der Waals surface area (Å²) in [6.07, 6.45) is 2.45. The van der Waals surface area contributed by atoms with Crippen LogP contribution in [-0.2, 0) is 32.4 Å². The van der Waals surface area contributed by atoms with E-state index in [0.29, 0.717) is 12.1 Å². The molecule has 30 heavy (non-hydrogen) atoms. The number of sulfonamides is 1. The van der Waals surface area contributed by atoms with Gasteiger partial charge in [-0.25, -0.2) is 13.2 Å². The summed E-state index contributed by atoms with van der Waals surface area (Å²) in [4.78, 5) is 24.7. The van der Waals surface area contributed by atoms with E-state index in [2.05, 4.69) is 5.32 Å². The van der Waals surface area contributed by atoms with Gasteiger partial charge in [0.2, 0.25) is 10.0 Å². The van der Waals surface area contributed by atoms with Crippen LogP contribution in [0.4, 0.5) is 11.4 Å². The minimum Gasteiger partial charge on any atom is -0.452 e. The molecule has 1 heterocycles. The van der Waals surface area contributed by atoms with Gasteiger partial charge in [0.1, 0.15) is 0 Å². The molecule has 2 aromatic rings. The molecule has 0 radical (unpaired) electrons. The minimum atomic E-state index is -3.39. The number of benzene rings is 2. The number of aryl methyl sites for hydroxylation is 2. The van der Waals surface area contributed by atoms with E-state index in [-0.39, 0.29) is 11.6 Å². The second-order valence-corrected chi connectivity index (χ2v) is 9.40. The predicted octanol–water partition coefficient (Wildman–Crippen LogP) is 3.06. The van der Waals surface area contributed by atoms with Gasteiger partial charge in [-0.1, -0.05) is 25.1 Å². The largest absolute Gasteiger partial charge is 0.452 e. The van der Waals surface area contributed by atoms with Crippen molar-refractivity contribution < 1.29 is 22.7 Å². The number of ether oxygens (including phenoxy) is 1. The van der Waals surface area contributed by atoms with Crippen LogP contribution in [0.5, 0.6) is 0 Å². The van der Waals surface area contributed by atoms with Gasteiger partial charge < -0.3 is 10.1 Å². The normalized spacial score (nSPS) is 15.6. The van der Waals surface area contributed by atoms with Crippen molar-refractivity contribution in [2.75, 3.05) is 22.5 Å². The highest BCUT2D eigenvalue weighted by Crippen LogP contribution is 2.34. The zero-order chi connectivity index (χ0) is 22.1. The van der Waals surface area contributed by atoms with E-state index in [1.165, 1.54) is 10.4 Å². The van der Waals surface area contributed by atoms with E-state index in [9.17, 15) is 18.0 Å². The summed E-state index contributed by atoms with van der Waals surface area (Å²) in [5.74, 6) is -1.04. The topological polar surface area (TPSA) is 92.8 Å². The van der Waals surface area contributed by atoms with Gasteiger partial charge in [0, 0.05) is 11.7 Å². The molecule has 3 rings (SSSR count). The number of esters is 1. The van der Waals surface area contributed by atoms with Crippen molar-refractivity contribution >= 4 is 33.3 Å². The number of nitrogens with one attached hydrogen (secondary N) is 1. The summed E-state index contributed by atoms with van der Waals surface area (Å²) in [5, 5.41) is 2.82. The molecule has 1 amide bonds. The van der Waals surface area contributed by atoms with Gasteiger partial charge in [-0.05, 0) is 61.6 Å². The molecular weight excluding hydrogens is 404 g/mol. The maximum absolute atomic E-state index is 12.4. The number of carbonyl (C=O) groups excluding carboxylic acids is 2. The quantitative estimate of drug-likeness (QED) is 0.711. The maximum Gasteiger partial charge on any atom is 0.338 e. The second-order valence-electron chi connectivity index (χ2n) is 7.54. The Morgan fingerprint density at radius 1 is 1.23 bits per heavy atom. The van der Waals surface area contributed by atoms with Crippen LogP contribution in [0.2, 0.25) is 0 Å². The molecule has 0 bridgehead atoms. The summed E-state index contributed by atoms with van der Waals surface area (Å²) in [5.41, 5.74) is 4.32. The van der Waals surface area contributed by atoms with Crippen LogP contribution < -0.4 is 9.62 Å². The lowest BCUT2D eigenvalue weighted by molar-refractivity contribution is -0.119. The second kappa shape index (κ2) is 8.47. The van der Waals surface area contributed by atoms with Gasteiger partial charge in [0.25, 0.3) is 5.91 Å².